The molecule has 1 rings (SSSR count). The molecular weight excluding hydrogens is 190 g/mol. The van der Waals surface area contributed by atoms with Crippen LogP contribution in [0.2, 0.25) is 0 Å². The molecule has 0 amide bonds. The molecule has 3 nitrogen and oxygen atoms in total. The Morgan fingerprint density at radius 3 is 2.73 bits per heavy atom. The number of aliphatic hydroxyl groups is 1. The molecule has 1 unspecified atom stereocenters. The van der Waals surface area contributed by atoms with E-state index in [2.05, 4.69) is 12.2 Å². The average Bonchev–Trinajstić information content (AvgIpc) is 2.26. The topological polar surface area (TPSA) is 41.5 Å². The minimum absolute atomic E-state index is 0.217. The zero-order valence-electron chi connectivity index (χ0n) is 9.53. The van der Waals surface area contributed by atoms with Crippen LogP contribution in [0.15, 0.2) is 24.3 Å². The van der Waals surface area contributed by atoms with Gasteiger partial charge < -0.3 is 15.2 Å². The highest BCUT2D eigenvalue weighted by Crippen LogP contribution is 2.18. The Hall–Kier alpha value is -1.06. The number of aliphatic hydroxyl groups excluding tert-OH is 1. The van der Waals surface area contributed by atoms with E-state index < -0.39 is 0 Å². The summed E-state index contributed by atoms with van der Waals surface area (Å²) in [5.41, 5.74) is 1.16. The minimum atomic E-state index is -0.321. The van der Waals surface area contributed by atoms with Crippen LogP contribution >= 0.6 is 0 Å². The lowest BCUT2D eigenvalue weighted by molar-refractivity contribution is 0.187. The fraction of sp³-hybridized carbons (Fsp3) is 0.500. The number of ether oxygens (including phenoxy) is 1. The van der Waals surface area contributed by atoms with Gasteiger partial charge in [-0.2, -0.15) is 0 Å². The standard InChI is InChI=1S/C12H19NO2/c1-9(14)8-13-10(2)11-5-4-6-12(7-11)15-3/h4-7,9-10,13-14H,8H2,1-3H3/t9-,10?/m1/s1. The van der Waals surface area contributed by atoms with Crippen LogP contribution in [0.4, 0.5) is 0 Å². The van der Waals surface area contributed by atoms with Gasteiger partial charge in [0, 0.05) is 12.6 Å². The van der Waals surface area contributed by atoms with Crippen LogP contribution in [-0.4, -0.2) is 24.9 Å². The van der Waals surface area contributed by atoms with E-state index >= 15 is 0 Å². The lowest BCUT2D eigenvalue weighted by Crippen LogP contribution is -2.27. The zero-order chi connectivity index (χ0) is 11.3. The summed E-state index contributed by atoms with van der Waals surface area (Å²) in [5, 5.41) is 12.4. The largest absolute Gasteiger partial charge is 0.497 e. The Morgan fingerprint density at radius 2 is 2.13 bits per heavy atom. The van der Waals surface area contributed by atoms with Crippen LogP contribution < -0.4 is 10.1 Å². The molecule has 1 aromatic rings. The second-order valence-corrected chi connectivity index (χ2v) is 3.76. The molecule has 0 aromatic heterocycles. The fourth-order valence-corrected chi connectivity index (χ4v) is 1.38. The molecule has 2 atom stereocenters. The van der Waals surface area contributed by atoms with Crippen LogP contribution in [0.25, 0.3) is 0 Å². The summed E-state index contributed by atoms with van der Waals surface area (Å²) in [7, 11) is 1.66. The third-order valence-electron chi connectivity index (χ3n) is 2.31. The number of hydrogen-bond acceptors (Lipinski definition) is 3. The highest BCUT2D eigenvalue weighted by molar-refractivity contribution is 5.30. The second kappa shape index (κ2) is 5.73. The first-order valence-electron chi connectivity index (χ1n) is 5.19. The summed E-state index contributed by atoms with van der Waals surface area (Å²) in [6, 6.07) is 8.15. The first-order valence-corrected chi connectivity index (χ1v) is 5.19. The normalized spacial score (nSPS) is 14.7. The highest BCUT2D eigenvalue weighted by atomic mass is 16.5. The highest BCUT2D eigenvalue weighted by Gasteiger charge is 2.06. The number of hydrogen-bond donors (Lipinski definition) is 2. The van der Waals surface area contributed by atoms with E-state index in [-0.39, 0.29) is 12.1 Å². The summed E-state index contributed by atoms with van der Waals surface area (Å²) in [5.74, 6) is 0.859. The van der Waals surface area contributed by atoms with Crippen LogP contribution in [-0.2, 0) is 0 Å². The van der Waals surface area contributed by atoms with Gasteiger partial charge in [0.25, 0.3) is 0 Å². The van der Waals surface area contributed by atoms with Crippen molar-refractivity contribution < 1.29 is 9.84 Å². The fourth-order valence-electron chi connectivity index (χ4n) is 1.38. The monoisotopic (exact) mass is 209 g/mol. The van der Waals surface area contributed by atoms with Crippen LogP contribution in [0, 0.1) is 0 Å². The molecular formula is C12H19NO2. The Labute approximate surface area is 91.1 Å². The van der Waals surface area contributed by atoms with Crippen LogP contribution in [0.5, 0.6) is 5.75 Å². The van der Waals surface area contributed by atoms with Crippen molar-refractivity contribution in [2.45, 2.75) is 26.0 Å². The van der Waals surface area contributed by atoms with Gasteiger partial charge in [-0.3, -0.25) is 0 Å². The van der Waals surface area contributed by atoms with Crippen LogP contribution in [0.3, 0.4) is 0 Å². The van der Waals surface area contributed by atoms with Crippen molar-refractivity contribution in [1.82, 2.24) is 5.32 Å². The quantitative estimate of drug-likeness (QED) is 0.776. The maximum atomic E-state index is 9.16. The maximum Gasteiger partial charge on any atom is 0.119 e. The van der Waals surface area contributed by atoms with Crippen molar-refractivity contribution in [3.05, 3.63) is 29.8 Å². The predicted octanol–water partition coefficient (Wildman–Crippen LogP) is 1.73. The molecule has 2 N–H and O–H groups in total. The van der Waals surface area contributed by atoms with Gasteiger partial charge in [-0.25, -0.2) is 0 Å². The van der Waals surface area contributed by atoms with E-state index in [9.17, 15) is 0 Å². The van der Waals surface area contributed by atoms with E-state index in [0.717, 1.165) is 11.3 Å². The number of methoxy groups -OCH3 is 1. The Morgan fingerprint density at radius 1 is 1.40 bits per heavy atom. The van der Waals surface area contributed by atoms with Crippen molar-refractivity contribution in [1.29, 1.82) is 0 Å². The van der Waals surface area contributed by atoms with Crippen molar-refractivity contribution in [2.75, 3.05) is 13.7 Å². The van der Waals surface area contributed by atoms with Gasteiger partial charge in [-0.1, -0.05) is 12.1 Å². The van der Waals surface area contributed by atoms with Gasteiger partial charge in [0.15, 0.2) is 0 Å². The van der Waals surface area contributed by atoms with Gasteiger partial charge in [0.2, 0.25) is 0 Å². The molecule has 0 saturated carbocycles. The van der Waals surface area contributed by atoms with E-state index in [1.807, 2.05) is 24.3 Å². The summed E-state index contributed by atoms with van der Waals surface area (Å²) in [6.07, 6.45) is -0.321. The molecule has 0 aliphatic rings. The molecule has 15 heavy (non-hydrogen) atoms. The molecule has 0 saturated heterocycles. The Kier molecular flexibility index (Phi) is 4.59. The summed E-state index contributed by atoms with van der Waals surface area (Å²) < 4.78 is 5.15. The van der Waals surface area contributed by atoms with Gasteiger partial charge in [-0.05, 0) is 31.5 Å². The third-order valence-corrected chi connectivity index (χ3v) is 2.31. The zero-order valence-corrected chi connectivity index (χ0v) is 9.53. The van der Waals surface area contributed by atoms with Gasteiger partial charge in [-0.15, -0.1) is 0 Å². The number of nitrogens with one attached hydrogen (secondary N) is 1. The average molecular weight is 209 g/mol. The molecule has 84 valence electrons. The summed E-state index contributed by atoms with van der Waals surface area (Å²) >= 11 is 0. The molecule has 0 radical (unpaired) electrons. The predicted molar refractivity (Wildman–Crippen MR) is 61.1 cm³/mol. The third kappa shape index (κ3) is 3.90. The molecule has 1 aromatic carbocycles. The van der Waals surface area contributed by atoms with Crippen LogP contribution in [0.1, 0.15) is 25.5 Å². The Balaban J connectivity index is 2.60. The second-order valence-electron chi connectivity index (χ2n) is 3.76. The van der Waals surface area contributed by atoms with Gasteiger partial charge >= 0.3 is 0 Å². The Bertz CT molecular complexity index is 299. The SMILES string of the molecule is COc1cccc(C(C)NC[C@@H](C)O)c1. The van der Waals surface area contributed by atoms with E-state index in [4.69, 9.17) is 9.84 Å². The first-order chi connectivity index (χ1) is 7.13. The van der Waals surface area contributed by atoms with Crippen molar-refractivity contribution in [3.8, 4) is 5.75 Å². The molecule has 0 fully saturated rings. The molecule has 0 aliphatic carbocycles. The number of benzene rings is 1. The molecule has 0 spiro atoms. The van der Waals surface area contributed by atoms with E-state index in [1.54, 1.807) is 14.0 Å². The first kappa shape index (κ1) is 12.0. The summed E-state index contributed by atoms with van der Waals surface area (Å²) in [6.45, 7) is 4.43. The molecule has 0 bridgehead atoms. The molecule has 0 aliphatic heterocycles. The minimum Gasteiger partial charge on any atom is -0.497 e. The van der Waals surface area contributed by atoms with E-state index in [0.29, 0.717) is 6.54 Å². The lowest BCUT2D eigenvalue weighted by Gasteiger charge is -2.16. The van der Waals surface area contributed by atoms with Crippen molar-refractivity contribution >= 4 is 0 Å². The molecule has 3 heteroatoms. The number of rotatable bonds is 5. The maximum absolute atomic E-state index is 9.16. The van der Waals surface area contributed by atoms with E-state index in [1.165, 1.54) is 0 Å². The van der Waals surface area contributed by atoms with Crippen molar-refractivity contribution in [2.24, 2.45) is 0 Å². The molecule has 0 heterocycles. The van der Waals surface area contributed by atoms with Gasteiger partial charge in [0.05, 0.1) is 13.2 Å². The smallest absolute Gasteiger partial charge is 0.119 e. The summed E-state index contributed by atoms with van der Waals surface area (Å²) in [4.78, 5) is 0. The van der Waals surface area contributed by atoms with Crippen molar-refractivity contribution in [3.63, 3.8) is 0 Å². The van der Waals surface area contributed by atoms with Gasteiger partial charge in [0.1, 0.15) is 5.75 Å². The lowest BCUT2D eigenvalue weighted by atomic mass is 10.1.